The Morgan fingerprint density at radius 3 is 2.50 bits per heavy atom. The summed E-state index contributed by atoms with van der Waals surface area (Å²) in [6.07, 6.45) is 6.97. The molecule has 5 nitrogen and oxygen atoms in total. The molecule has 1 fully saturated rings. The summed E-state index contributed by atoms with van der Waals surface area (Å²) >= 11 is 0. The maximum atomic E-state index is 13.6. The van der Waals surface area contributed by atoms with Crippen molar-refractivity contribution in [3.8, 4) is 0 Å². The van der Waals surface area contributed by atoms with E-state index >= 15 is 0 Å². The van der Waals surface area contributed by atoms with Gasteiger partial charge in [0.25, 0.3) is 0 Å². The van der Waals surface area contributed by atoms with Gasteiger partial charge in [-0.05, 0) is 67.4 Å². The fourth-order valence-electron chi connectivity index (χ4n) is 4.62. The van der Waals surface area contributed by atoms with Crippen molar-refractivity contribution >= 4 is 11.6 Å². The van der Waals surface area contributed by atoms with Crippen molar-refractivity contribution in [1.82, 2.24) is 9.88 Å². The molecule has 0 atom stereocenters. The number of hydrogen-bond donors (Lipinski definition) is 0. The van der Waals surface area contributed by atoms with Crippen LogP contribution < -0.4 is 4.90 Å². The minimum atomic E-state index is -0.400. The van der Waals surface area contributed by atoms with Crippen LogP contribution in [0.1, 0.15) is 29.7 Å². The summed E-state index contributed by atoms with van der Waals surface area (Å²) < 4.78 is 5.49. The predicted octanol–water partition coefficient (Wildman–Crippen LogP) is 3.76. The van der Waals surface area contributed by atoms with E-state index in [1.54, 1.807) is 18.7 Å². The van der Waals surface area contributed by atoms with Gasteiger partial charge in [0, 0.05) is 18.1 Å². The summed E-state index contributed by atoms with van der Waals surface area (Å²) in [5.41, 5.74) is 2.95. The molecule has 2 aliphatic heterocycles. The van der Waals surface area contributed by atoms with E-state index in [4.69, 9.17) is 4.42 Å². The summed E-state index contributed by atoms with van der Waals surface area (Å²) in [6.45, 7) is 3.18. The Morgan fingerprint density at radius 2 is 1.75 bits per heavy atom. The number of anilines is 1. The Labute approximate surface area is 164 Å². The number of rotatable bonds is 4. The topological polar surface area (TPSA) is 49.6 Å². The molecule has 0 radical (unpaired) electrons. The Kier molecular flexibility index (Phi) is 4.24. The zero-order valence-corrected chi connectivity index (χ0v) is 15.8. The SMILES string of the molecule is O=C1N(Cc2ccncc2)c2ccccc2C12CCN(Cc1ccco1)CC2. The van der Waals surface area contributed by atoms with Gasteiger partial charge in [0.2, 0.25) is 5.91 Å². The van der Waals surface area contributed by atoms with Gasteiger partial charge in [0.1, 0.15) is 5.76 Å². The molecule has 0 aliphatic carbocycles. The van der Waals surface area contributed by atoms with Crippen LogP contribution >= 0.6 is 0 Å². The second-order valence-electron chi connectivity index (χ2n) is 7.70. The van der Waals surface area contributed by atoms with Gasteiger partial charge in [-0.25, -0.2) is 0 Å². The molecule has 0 saturated carbocycles. The number of fused-ring (bicyclic) bond motifs is 2. The van der Waals surface area contributed by atoms with Gasteiger partial charge in [-0.3, -0.25) is 14.7 Å². The van der Waals surface area contributed by atoms with E-state index < -0.39 is 5.41 Å². The molecule has 5 rings (SSSR count). The monoisotopic (exact) mass is 373 g/mol. The average Bonchev–Trinajstić information content (AvgIpc) is 3.33. The number of pyridine rings is 1. The third-order valence-corrected chi connectivity index (χ3v) is 6.12. The van der Waals surface area contributed by atoms with Crippen LogP contribution in [0.3, 0.4) is 0 Å². The molecule has 0 bridgehead atoms. The summed E-state index contributed by atoms with van der Waals surface area (Å²) in [5.74, 6) is 1.22. The Bertz CT molecular complexity index is 961. The van der Waals surface area contributed by atoms with Crippen LogP contribution in [0.15, 0.2) is 71.6 Å². The number of amides is 1. The number of aromatic nitrogens is 1. The first-order chi connectivity index (χ1) is 13.8. The average molecular weight is 373 g/mol. The second kappa shape index (κ2) is 6.91. The Balaban J connectivity index is 1.40. The van der Waals surface area contributed by atoms with Crippen molar-refractivity contribution in [2.24, 2.45) is 0 Å². The largest absolute Gasteiger partial charge is 0.468 e. The third-order valence-electron chi connectivity index (χ3n) is 6.12. The molecule has 3 aromatic rings. The first kappa shape index (κ1) is 17.2. The molecule has 1 amide bonds. The van der Waals surface area contributed by atoms with Crippen LogP contribution in [0, 0.1) is 0 Å². The van der Waals surface area contributed by atoms with E-state index in [0.29, 0.717) is 6.54 Å². The summed E-state index contributed by atoms with van der Waals surface area (Å²) in [6, 6.07) is 16.2. The van der Waals surface area contributed by atoms with E-state index in [1.165, 1.54) is 5.56 Å². The van der Waals surface area contributed by atoms with Gasteiger partial charge in [0.05, 0.1) is 24.8 Å². The number of carbonyl (C=O) groups excluding carboxylic acids is 1. The fourth-order valence-corrected chi connectivity index (χ4v) is 4.62. The van der Waals surface area contributed by atoms with Crippen LogP contribution in [0.5, 0.6) is 0 Å². The molecule has 142 valence electrons. The highest BCUT2D eigenvalue weighted by Crippen LogP contribution is 2.48. The van der Waals surface area contributed by atoms with E-state index in [-0.39, 0.29) is 5.91 Å². The highest BCUT2D eigenvalue weighted by molar-refractivity contribution is 6.08. The molecule has 0 unspecified atom stereocenters. The lowest BCUT2D eigenvalue weighted by molar-refractivity contribution is -0.125. The number of nitrogens with zero attached hydrogens (tertiary/aromatic N) is 3. The third kappa shape index (κ3) is 2.83. The molecule has 28 heavy (non-hydrogen) atoms. The van der Waals surface area contributed by atoms with Crippen LogP contribution in [-0.4, -0.2) is 28.9 Å². The van der Waals surface area contributed by atoms with Crippen molar-refractivity contribution in [3.05, 3.63) is 84.1 Å². The van der Waals surface area contributed by atoms with Gasteiger partial charge in [-0.1, -0.05) is 18.2 Å². The van der Waals surface area contributed by atoms with Gasteiger partial charge < -0.3 is 9.32 Å². The van der Waals surface area contributed by atoms with Gasteiger partial charge in [-0.2, -0.15) is 0 Å². The normalized spacial score (nSPS) is 18.6. The fraction of sp³-hybridized carbons (Fsp3) is 0.304. The smallest absolute Gasteiger partial charge is 0.238 e. The molecule has 0 N–H and O–H groups in total. The second-order valence-corrected chi connectivity index (χ2v) is 7.70. The maximum Gasteiger partial charge on any atom is 0.238 e. The lowest BCUT2D eigenvalue weighted by atomic mass is 9.73. The number of hydrogen-bond acceptors (Lipinski definition) is 4. The standard InChI is InChI=1S/C23H23N3O2/c27-22-23(9-13-25(14-10-23)17-19-4-3-15-28-19)20-5-1-2-6-21(20)26(22)16-18-7-11-24-12-8-18/h1-8,11-12,15H,9-10,13-14,16-17H2. The van der Waals surface area contributed by atoms with Gasteiger partial charge >= 0.3 is 0 Å². The van der Waals surface area contributed by atoms with Crippen LogP contribution in [0.25, 0.3) is 0 Å². The number of para-hydroxylation sites is 1. The highest BCUT2D eigenvalue weighted by atomic mass is 16.3. The van der Waals surface area contributed by atoms with E-state index in [2.05, 4.69) is 28.1 Å². The lowest BCUT2D eigenvalue weighted by Crippen LogP contribution is -2.48. The highest BCUT2D eigenvalue weighted by Gasteiger charge is 2.51. The molecule has 1 spiro atoms. The maximum absolute atomic E-state index is 13.6. The van der Waals surface area contributed by atoms with E-state index in [9.17, 15) is 4.79 Å². The van der Waals surface area contributed by atoms with Crippen LogP contribution in [0.4, 0.5) is 5.69 Å². The Hall–Kier alpha value is -2.92. The zero-order valence-electron chi connectivity index (χ0n) is 15.8. The summed E-state index contributed by atoms with van der Waals surface area (Å²) in [5, 5.41) is 0. The number of furan rings is 1. The molecule has 1 aromatic carbocycles. The minimum Gasteiger partial charge on any atom is -0.468 e. The number of piperidine rings is 1. The van der Waals surface area contributed by atoms with Gasteiger partial charge in [0.15, 0.2) is 0 Å². The molecule has 5 heteroatoms. The zero-order chi connectivity index (χ0) is 19.0. The van der Waals surface area contributed by atoms with E-state index in [1.807, 2.05) is 35.2 Å². The van der Waals surface area contributed by atoms with Crippen molar-refractivity contribution < 1.29 is 9.21 Å². The van der Waals surface area contributed by atoms with E-state index in [0.717, 1.165) is 49.5 Å². The van der Waals surface area contributed by atoms with Crippen LogP contribution in [0.2, 0.25) is 0 Å². The molecular weight excluding hydrogens is 350 g/mol. The number of carbonyl (C=O) groups is 1. The van der Waals surface area contributed by atoms with Crippen molar-refractivity contribution in [2.45, 2.75) is 31.3 Å². The van der Waals surface area contributed by atoms with Crippen molar-refractivity contribution in [1.29, 1.82) is 0 Å². The molecule has 4 heterocycles. The number of benzene rings is 1. The van der Waals surface area contributed by atoms with Crippen LogP contribution in [-0.2, 0) is 23.3 Å². The Morgan fingerprint density at radius 1 is 0.964 bits per heavy atom. The first-order valence-corrected chi connectivity index (χ1v) is 9.81. The summed E-state index contributed by atoms with van der Waals surface area (Å²) in [4.78, 5) is 22.1. The van der Waals surface area contributed by atoms with Gasteiger partial charge in [-0.15, -0.1) is 0 Å². The van der Waals surface area contributed by atoms with Crippen molar-refractivity contribution in [2.75, 3.05) is 18.0 Å². The molecular formula is C23H23N3O2. The molecule has 2 aromatic heterocycles. The summed E-state index contributed by atoms with van der Waals surface area (Å²) in [7, 11) is 0. The van der Waals surface area contributed by atoms with Crippen molar-refractivity contribution in [3.63, 3.8) is 0 Å². The lowest BCUT2D eigenvalue weighted by Gasteiger charge is -2.38. The minimum absolute atomic E-state index is 0.239. The first-order valence-electron chi connectivity index (χ1n) is 9.81. The molecule has 1 saturated heterocycles. The number of likely N-dealkylation sites (tertiary alicyclic amines) is 1. The quantitative estimate of drug-likeness (QED) is 0.699. The molecule has 2 aliphatic rings. The predicted molar refractivity (Wildman–Crippen MR) is 107 cm³/mol.